The van der Waals surface area contributed by atoms with Crippen molar-refractivity contribution in [2.75, 3.05) is 31.1 Å². The molecule has 1 fully saturated rings. The lowest BCUT2D eigenvalue weighted by Crippen LogP contribution is -2.49. The van der Waals surface area contributed by atoms with Crippen molar-refractivity contribution in [1.29, 1.82) is 5.26 Å². The molecule has 7 heteroatoms. The van der Waals surface area contributed by atoms with Crippen molar-refractivity contribution < 1.29 is 13.2 Å². The lowest BCUT2D eigenvalue weighted by atomic mass is 10.1. The van der Waals surface area contributed by atoms with Crippen LogP contribution in [0.1, 0.15) is 12.5 Å². The quantitative estimate of drug-likeness (QED) is 0.807. The van der Waals surface area contributed by atoms with Gasteiger partial charge in [-0.05, 0) is 41.1 Å². The van der Waals surface area contributed by atoms with Crippen LogP contribution in [0, 0.1) is 11.3 Å². The molecule has 114 valence electrons. The van der Waals surface area contributed by atoms with Gasteiger partial charge in [-0.1, -0.05) is 0 Å². The molecule has 0 N–H and O–H groups in total. The Morgan fingerprint density at radius 1 is 1.24 bits per heavy atom. The van der Waals surface area contributed by atoms with Gasteiger partial charge in [0.1, 0.15) is 0 Å². The summed E-state index contributed by atoms with van der Waals surface area (Å²) in [5, 5.41) is 8.90. The molecule has 3 nitrogen and oxygen atoms in total. The number of hydrogen-bond acceptors (Lipinski definition) is 3. The number of alkyl halides is 3. The molecule has 21 heavy (non-hydrogen) atoms. The lowest BCUT2D eigenvalue weighted by Gasteiger charge is -2.37. The lowest BCUT2D eigenvalue weighted by molar-refractivity contribution is -0.137. The number of rotatable bonds is 2. The Hall–Kier alpha value is -1.26. The maximum absolute atomic E-state index is 12.6. The number of piperazine rings is 1. The SMILES string of the molecule is CC(C#N)N1CCN(c2ccc(C(F)(F)F)cc2Br)CC1. The first kappa shape index (κ1) is 16.1. The van der Waals surface area contributed by atoms with Gasteiger partial charge >= 0.3 is 6.18 Å². The smallest absolute Gasteiger partial charge is 0.368 e. The van der Waals surface area contributed by atoms with E-state index in [-0.39, 0.29) is 6.04 Å². The van der Waals surface area contributed by atoms with Crippen molar-refractivity contribution in [3.05, 3.63) is 28.2 Å². The van der Waals surface area contributed by atoms with Crippen molar-refractivity contribution in [2.24, 2.45) is 0 Å². The number of nitriles is 1. The third-order valence-electron chi connectivity index (χ3n) is 3.66. The number of nitrogens with zero attached hydrogens (tertiary/aromatic N) is 3. The van der Waals surface area contributed by atoms with Crippen molar-refractivity contribution >= 4 is 21.6 Å². The zero-order chi connectivity index (χ0) is 15.6. The standard InChI is InChI=1S/C14H15BrF3N3/c1-10(9-19)20-4-6-21(7-5-20)13-3-2-11(8-12(13)15)14(16,17)18/h2-3,8,10H,4-7H2,1H3. The largest absolute Gasteiger partial charge is 0.416 e. The van der Waals surface area contributed by atoms with Gasteiger partial charge in [0.25, 0.3) is 0 Å². The Morgan fingerprint density at radius 3 is 2.33 bits per heavy atom. The molecule has 1 atom stereocenters. The first-order valence-corrected chi connectivity index (χ1v) is 7.37. The highest BCUT2D eigenvalue weighted by atomic mass is 79.9. The van der Waals surface area contributed by atoms with Gasteiger partial charge in [0.2, 0.25) is 0 Å². The Morgan fingerprint density at radius 2 is 1.86 bits per heavy atom. The fraction of sp³-hybridized carbons (Fsp3) is 0.500. The van der Waals surface area contributed by atoms with Crippen LogP contribution in [0.15, 0.2) is 22.7 Å². The van der Waals surface area contributed by atoms with Crippen molar-refractivity contribution in [1.82, 2.24) is 4.90 Å². The summed E-state index contributed by atoms with van der Waals surface area (Å²) >= 11 is 3.23. The van der Waals surface area contributed by atoms with Gasteiger partial charge in [-0.15, -0.1) is 0 Å². The van der Waals surface area contributed by atoms with Crippen LogP contribution < -0.4 is 4.90 Å². The van der Waals surface area contributed by atoms with Crippen molar-refractivity contribution in [2.45, 2.75) is 19.1 Å². The van der Waals surface area contributed by atoms with Crippen molar-refractivity contribution in [3.8, 4) is 6.07 Å². The molecule has 1 saturated heterocycles. The summed E-state index contributed by atoms with van der Waals surface area (Å²) in [5.41, 5.74) is 0.0992. The molecule has 0 spiro atoms. The molecule has 0 aromatic heterocycles. The van der Waals surface area contributed by atoms with Crippen LogP contribution in [-0.2, 0) is 6.18 Å². The van der Waals surface area contributed by atoms with Crippen LogP contribution in [-0.4, -0.2) is 37.1 Å². The molecule has 0 amide bonds. The van der Waals surface area contributed by atoms with Gasteiger partial charge < -0.3 is 4.90 Å². The second-order valence-electron chi connectivity index (χ2n) is 4.99. The van der Waals surface area contributed by atoms with E-state index >= 15 is 0 Å². The average Bonchev–Trinajstić information content (AvgIpc) is 2.45. The predicted octanol–water partition coefficient (Wildman–Crippen LogP) is 3.50. The minimum Gasteiger partial charge on any atom is -0.368 e. The highest BCUT2D eigenvalue weighted by molar-refractivity contribution is 9.10. The Labute approximate surface area is 130 Å². The van der Waals surface area contributed by atoms with Gasteiger partial charge in [0.15, 0.2) is 0 Å². The van der Waals surface area contributed by atoms with Crippen LogP contribution in [0.5, 0.6) is 0 Å². The molecule has 1 aliphatic rings. The van der Waals surface area contributed by atoms with Crippen LogP contribution in [0.3, 0.4) is 0 Å². The Bertz CT molecular complexity index is 545. The summed E-state index contributed by atoms with van der Waals surface area (Å²) in [4.78, 5) is 4.10. The number of anilines is 1. The zero-order valence-electron chi connectivity index (χ0n) is 11.5. The van der Waals surface area contributed by atoms with E-state index in [1.54, 1.807) is 0 Å². The normalized spacial score (nSPS) is 18.4. The highest BCUT2D eigenvalue weighted by Crippen LogP contribution is 2.35. The second-order valence-corrected chi connectivity index (χ2v) is 5.85. The summed E-state index contributed by atoms with van der Waals surface area (Å²) in [6.07, 6.45) is -4.33. The Kier molecular flexibility index (Phi) is 4.79. The minimum absolute atomic E-state index is 0.136. The number of benzene rings is 1. The molecule has 1 aromatic carbocycles. The molecular formula is C14H15BrF3N3. The third kappa shape index (κ3) is 3.69. The van der Waals surface area contributed by atoms with E-state index in [4.69, 9.17) is 5.26 Å². The van der Waals surface area contributed by atoms with E-state index < -0.39 is 11.7 Å². The molecule has 1 aromatic rings. The first-order chi connectivity index (χ1) is 9.82. The minimum atomic E-state index is -4.33. The van der Waals surface area contributed by atoms with E-state index in [0.29, 0.717) is 17.6 Å². The Balaban J connectivity index is 2.09. The van der Waals surface area contributed by atoms with Crippen LogP contribution in [0.4, 0.5) is 18.9 Å². The fourth-order valence-electron chi connectivity index (χ4n) is 2.37. The second kappa shape index (κ2) is 6.24. The van der Waals surface area contributed by atoms with E-state index in [1.807, 2.05) is 11.8 Å². The van der Waals surface area contributed by atoms with Crippen LogP contribution in [0.2, 0.25) is 0 Å². The average molecular weight is 362 g/mol. The van der Waals surface area contributed by atoms with Gasteiger partial charge in [0, 0.05) is 30.7 Å². The number of hydrogen-bond donors (Lipinski definition) is 0. The third-order valence-corrected chi connectivity index (χ3v) is 4.30. The van der Waals surface area contributed by atoms with Gasteiger partial charge in [0.05, 0.1) is 23.4 Å². The van der Waals surface area contributed by atoms with Gasteiger partial charge in [-0.25, -0.2) is 0 Å². The topological polar surface area (TPSA) is 30.3 Å². The fourth-order valence-corrected chi connectivity index (χ4v) is 3.00. The molecule has 0 saturated carbocycles. The molecule has 2 rings (SSSR count). The van der Waals surface area contributed by atoms with E-state index in [1.165, 1.54) is 6.07 Å². The van der Waals surface area contributed by atoms with Gasteiger partial charge in [-0.3, -0.25) is 4.90 Å². The summed E-state index contributed by atoms with van der Waals surface area (Å²) in [5.74, 6) is 0. The van der Waals surface area contributed by atoms with E-state index in [2.05, 4.69) is 26.9 Å². The molecule has 0 bridgehead atoms. The molecular weight excluding hydrogens is 347 g/mol. The first-order valence-electron chi connectivity index (χ1n) is 6.58. The maximum atomic E-state index is 12.6. The van der Waals surface area contributed by atoms with E-state index in [9.17, 15) is 13.2 Å². The van der Waals surface area contributed by atoms with E-state index in [0.717, 1.165) is 30.9 Å². The maximum Gasteiger partial charge on any atom is 0.416 e. The summed E-state index contributed by atoms with van der Waals surface area (Å²) < 4.78 is 38.4. The molecule has 0 aliphatic carbocycles. The summed E-state index contributed by atoms with van der Waals surface area (Å²) in [6, 6.07) is 5.77. The number of halogens is 4. The van der Waals surface area contributed by atoms with Gasteiger partial charge in [-0.2, -0.15) is 18.4 Å². The molecule has 1 heterocycles. The summed E-state index contributed by atoms with van der Waals surface area (Å²) in [7, 11) is 0. The van der Waals surface area contributed by atoms with Crippen molar-refractivity contribution in [3.63, 3.8) is 0 Å². The molecule has 1 unspecified atom stereocenters. The predicted molar refractivity (Wildman–Crippen MR) is 78.0 cm³/mol. The summed E-state index contributed by atoms with van der Waals surface area (Å²) in [6.45, 7) is 4.68. The molecule has 1 aliphatic heterocycles. The van der Waals surface area contributed by atoms with Crippen LogP contribution >= 0.6 is 15.9 Å². The highest BCUT2D eigenvalue weighted by Gasteiger charge is 2.31. The van der Waals surface area contributed by atoms with Crippen LogP contribution in [0.25, 0.3) is 0 Å². The molecule has 0 radical (unpaired) electrons. The zero-order valence-corrected chi connectivity index (χ0v) is 13.1. The monoisotopic (exact) mass is 361 g/mol.